The monoisotopic (exact) mass is 435 g/mol. The summed E-state index contributed by atoms with van der Waals surface area (Å²) in [4.78, 5) is 37.6. The molecule has 0 saturated heterocycles. The molecule has 0 aliphatic rings. The van der Waals surface area contributed by atoms with Crippen LogP contribution in [0.4, 0.5) is 16.2 Å². The third-order valence-corrected chi connectivity index (χ3v) is 4.96. The molecule has 0 aromatic heterocycles. The van der Waals surface area contributed by atoms with Crippen molar-refractivity contribution in [3.8, 4) is 17.2 Å². The molecule has 0 heterocycles. The molecule has 160 valence electrons. The summed E-state index contributed by atoms with van der Waals surface area (Å²) in [6, 6.07) is 7.71. The van der Waals surface area contributed by atoms with Crippen LogP contribution in [0.3, 0.4) is 0 Å². The minimum atomic E-state index is -0.731. The van der Waals surface area contributed by atoms with E-state index >= 15 is 0 Å². The van der Waals surface area contributed by atoms with Gasteiger partial charge >= 0.3 is 5.69 Å². The average molecular weight is 435 g/mol. The summed E-state index contributed by atoms with van der Waals surface area (Å²) in [7, 11) is 7.18. The van der Waals surface area contributed by atoms with Crippen LogP contribution < -0.4 is 19.5 Å². The fourth-order valence-electron chi connectivity index (χ4n) is 2.49. The van der Waals surface area contributed by atoms with Crippen LogP contribution in [-0.2, 0) is 0 Å². The van der Waals surface area contributed by atoms with Crippen LogP contribution >= 0.6 is 11.8 Å². The van der Waals surface area contributed by atoms with Crippen LogP contribution in [0, 0.1) is 10.1 Å². The molecule has 1 N–H and O–H groups in total. The molecule has 0 aliphatic carbocycles. The number of methoxy groups -OCH3 is 3. The third kappa shape index (κ3) is 4.92. The van der Waals surface area contributed by atoms with Gasteiger partial charge in [0.25, 0.3) is 11.1 Å². The number of benzene rings is 2. The number of nitrogens with zero attached hydrogens (tertiary/aromatic N) is 2. The predicted octanol–water partition coefficient (Wildman–Crippen LogP) is 3.65. The Balaban J connectivity index is 2.36. The Morgan fingerprint density at radius 2 is 1.63 bits per heavy atom. The van der Waals surface area contributed by atoms with Crippen LogP contribution in [0.1, 0.15) is 10.4 Å². The quantitative estimate of drug-likeness (QED) is 0.397. The number of nitro benzene ring substituents is 1. The zero-order chi connectivity index (χ0) is 22.4. The fourth-order valence-corrected chi connectivity index (χ4v) is 3.15. The molecule has 0 fully saturated rings. The number of hydrogen-bond donors (Lipinski definition) is 1. The number of carbonyl (C=O) groups is 2. The van der Waals surface area contributed by atoms with Crippen LogP contribution in [0.2, 0.25) is 0 Å². The zero-order valence-corrected chi connectivity index (χ0v) is 17.9. The Bertz CT molecular complexity index is 962. The van der Waals surface area contributed by atoms with Crippen molar-refractivity contribution in [2.45, 2.75) is 4.90 Å². The van der Waals surface area contributed by atoms with Gasteiger partial charge in [0.1, 0.15) is 5.56 Å². The number of rotatable bonds is 7. The van der Waals surface area contributed by atoms with Gasteiger partial charge in [0, 0.05) is 30.7 Å². The number of nitrogens with one attached hydrogen (secondary N) is 1. The predicted molar refractivity (Wildman–Crippen MR) is 112 cm³/mol. The van der Waals surface area contributed by atoms with Gasteiger partial charge in [-0.25, -0.2) is 0 Å². The van der Waals surface area contributed by atoms with Gasteiger partial charge in [0.15, 0.2) is 5.75 Å². The first-order valence-corrected chi connectivity index (χ1v) is 9.33. The number of anilines is 1. The third-order valence-electron chi connectivity index (χ3n) is 3.91. The SMILES string of the molecule is COc1cc(C(=O)Nc2ccc(SC(=O)N(C)C)cc2)c([N+](=O)[O-])c(OC)c1OC. The first-order valence-electron chi connectivity index (χ1n) is 8.51. The molecule has 2 aromatic carbocycles. The lowest BCUT2D eigenvalue weighted by molar-refractivity contribution is -0.386. The molecule has 11 heteroatoms. The Kier molecular flexibility index (Phi) is 7.48. The summed E-state index contributed by atoms with van der Waals surface area (Å²) in [6.45, 7) is 0. The molecule has 30 heavy (non-hydrogen) atoms. The molecule has 0 bridgehead atoms. The maximum Gasteiger partial charge on any atom is 0.327 e. The van der Waals surface area contributed by atoms with Gasteiger partial charge < -0.3 is 24.4 Å². The largest absolute Gasteiger partial charge is 0.493 e. The van der Waals surface area contributed by atoms with E-state index in [0.717, 1.165) is 11.8 Å². The highest BCUT2D eigenvalue weighted by atomic mass is 32.2. The van der Waals surface area contributed by atoms with Crippen LogP contribution in [0.25, 0.3) is 0 Å². The molecular formula is C19H21N3O7S. The topological polar surface area (TPSA) is 120 Å². The van der Waals surface area contributed by atoms with Crippen LogP contribution in [0.5, 0.6) is 17.2 Å². The van der Waals surface area contributed by atoms with Gasteiger partial charge in [0.05, 0.1) is 26.3 Å². The highest BCUT2D eigenvalue weighted by molar-refractivity contribution is 8.13. The van der Waals surface area contributed by atoms with Gasteiger partial charge in [-0.15, -0.1) is 0 Å². The summed E-state index contributed by atoms with van der Waals surface area (Å²) in [5.41, 5.74) is -0.406. The zero-order valence-electron chi connectivity index (χ0n) is 17.0. The van der Waals surface area contributed by atoms with E-state index in [9.17, 15) is 19.7 Å². The first-order chi connectivity index (χ1) is 14.2. The van der Waals surface area contributed by atoms with Gasteiger partial charge in [-0.1, -0.05) is 0 Å². The van der Waals surface area contributed by atoms with E-state index in [1.807, 2.05) is 0 Å². The van der Waals surface area contributed by atoms with E-state index in [0.29, 0.717) is 10.6 Å². The van der Waals surface area contributed by atoms with Gasteiger partial charge in [0.2, 0.25) is 11.5 Å². The lowest BCUT2D eigenvalue weighted by Crippen LogP contribution is -2.16. The summed E-state index contributed by atoms with van der Waals surface area (Å²) in [5.74, 6) is -0.832. The number of carbonyl (C=O) groups excluding carboxylic acids is 2. The molecule has 10 nitrogen and oxygen atoms in total. The number of ether oxygens (including phenoxy) is 3. The van der Waals surface area contributed by atoms with Gasteiger partial charge in [-0.2, -0.15) is 0 Å². The molecule has 0 saturated carbocycles. The Morgan fingerprint density at radius 3 is 2.10 bits per heavy atom. The van der Waals surface area contributed by atoms with Crippen molar-refractivity contribution >= 4 is 34.3 Å². The minimum absolute atomic E-state index is 0.00943. The summed E-state index contributed by atoms with van der Waals surface area (Å²) < 4.78 is 15.4. The average Bonchev–Trinajstić information content (AvgIpc) is 2.72. The number of amides is 2. The highest BCUT2D eigenvalue weighted by Crippen LogP contribution is 2.46. The van der Waals surface area contributed by atoms with Crippen LogP contribution in [-0.4, -0.2) is 56.4 Å². The standard InChI is InChI=1S/C19H21N3O7S/c1-21(2)19(24)30-12-8-6-11(7-9-12)20-18(23)13-10-14(27-3)16(28-4)17(29-5)15(13)22(25)26/h6-10H,1-5H3,(H,20,23). The van der Waals surface area contributed by atoms with Crippen molar-refractivity contribution in [1.82, 2.24) is 4.90 Å². The molecule has 0 atom stereocenters. The minimum Gasteiger partial charge on any atom is -0.493 e. The van der Waals surface area contributed by atoms with E-state index in [2.05, 4.69) is 5.32 Å². The first kappa shape index (κ1) is 22.8. The summed E-state index contributed by atoms with van der Waals surface area (Å²) in [5, 5.41) is 14.1. The summed E-state index contributed by atoms with van der Waals surface area (Å²) >= 11 is 1.03. The van der Waals surface area contributed by atoms with Gasteiger partial charge in [-0.05, 0) is 36.0 Å². The molecule has 0 aliphatic heterocycles. The smallest absolute Gasteiger partial charge is 0.327 e. The van der Waals surface area contributed by atoms with E-state index in [1.54, 1.807) is 38.4 Å². The summed E-state index contributed by atoms with van der Waals surface area (Å²) in [6.07, 6.45) is 0. The van der Waals surface area contributed by atoms with Crippen molar-refractivity contribution in [2.24, 2.45) is 0 Å². The maximum absolute atomic E-state index is 12.8. The van der Waals surface area contributed by atoms with Crippen LogP contribution in [0.15, 0.2) is 35.2 Å². The highest BCUT2D eigenvalue weighted by Gasteiger charge is 2.32. The second-order valence-corrected chi connectivity index (χ2v) is 7.06. The van der Waals surface area contributed by atoms with Crippen molar-refractivity contribution in [3.63, 3.8) is 0 Å². The maximum atomic E-state index is 12.8. The Labute approximate surface area is 177 Å². The molecular weight excluding hydrogens is 414 g/mol. The molecule has 2 aromatic rings. The van der Waals surface area contributed by atoms with E-state index in [1.165, 1.54) is 32.3 Å². The number of thioether (sulfide) groups is 1. The van der Waals surface area contributed by atoms with Crippen molar-refractivity contribution in [1.29, 1.82) is 0 Å². The Hall–Kier alpha value is -3.47. The van der Waals surface area contributed by atoms with Crippen molar-refractivity contribution in [3.05, 3.63) is 46.0 Å². The second-order valence-electron chi connectivity index (χ2n) is 6.04. The molecule has 0 unspecified atom stereocenters. The normalized spacial score (nSPS) is 10.2. The van der Waals surface area contributed by atoms with Gasteiger partial charge in [-0.3, -0.25) is 19.7 Å². The molecule has 2 amide bonds. The lowest BCUT2D eigenvalue weighted by Gasteiger charge is -2.15. The number of hydrogen-bond acceptors (Lipinski definition) is 8. The number of nitro groups is 1. The molecule has 2 rings (SSSR count). The van der Waals surface area contributed by atoms with E-state index in [-0.39, 0.29) is 28.1 Å². The van der Waals surface area contributed by atoms with Crippen molar-refractivity contribution < 1.29 is 28.7 Å². The van der Waals surface area contributed by atoms with E-state index < -0.39 is 16.5 Å². The molecule has 0 spiro atoms. The Morgan fingerprint density at radius 1 is 1.03 bits per heavy atom. The lowest BCUT2D eigenvalue weighted by atomic mass is 10.1. The fraction of sp³-hybridized carbons (Fsp3) is 0.263. The molecule has 0 radical (unpaired) electrons. The second kappa shape index (κ2) is 9.83. The van der Waals surface area contributed by atoms with E-state index in [4.69, 9.17) is 14.2 Å². The van der Waals surface area contributed by atoms with Crippen molar-refractivity contribution in [2.75, 3.05) is 40.7 Å².